The Morgan fingerprint density at radius 2 is 1.67 bits per heavy atom. The molecule has 118 valence electrons. The van der Waals surface area contributed by atoms with Crippen molar-refractivity contribution in [2.45, 2.75) is 57.8 Å². The van der Waals surface area contributed by atoms with E-state index >= 15 is 0 Å². The fourth-order valence-electron chi connectivity index (χ4n) is 1.62. The maximum atomic E-state index is 11.0. The van der Waals surface area contributed by atoms with Gasteiger partial charge in [0.2, 0.25) is 8.32 Å². The molecule has 1 atom stereocenters. The van der Waals surface area contributed by atoms with Crippen LogP contribution in [0.4, 0.5) is 0 Å². The first-order valence-corrected chi connectivity index (χ1v) is 10.1. The van der Waals surface area contributed by atoms with Gasteiger partial charge in [-0.3, -0.25) is 4.79 Å². The lowest BCUT2D eigenvalue weighted by molar-refractivity contribution is -0.142. The molecule has 21 heavy (non-hydrogen) atoms. The Hall–Kier alpha value is -1.33. The summed E-state index contributed by atoms with van der Waals surface area (Å²) >= 11 is 0. The number of aliphatic carboxylic acids is 1. The van der Waals surface area contributed by atoms with Gasteiger partial charge in [-0.15, -0.1) is 0 Å². The highest BCUT2D eigenvalue weighted by Gasteiger charge is 2.39. The Labute approximate surface area is 128 Å². The van der Waals surface area contributed by atoms with E-state index in [1.807, 2.05) is 24.3 Å². The second kappa shape index (κ2) is 5.81. The number of rotatable bonds is 5. The van der Waals surface area contributed by atoms with E-state index < -0.39 is 19.8 Å². The zero-order valence-corrected chi connectivity index (χ0v) is 14.9. The van der Waals surface area contributed by atoms with Crippen LogP contribution >= 0.6 is 0 Å². The van der Waals surface area contributed by atoms with Gasteiger partial charge >= 0.3 is 5.97 Å². The molecule has 3 N–H and O–H groups in total. The van der Waals surface area contributed by atoms with Crippen molar-refractivity contribution >= 4 is 14.3 Å². The third-order valence-electron chi connectivity index (χ3n) is 4.16. The summed E-state index contributed by atoms with van der Waals surface area (Å²) in [6.07, 6.45) is 0.294. The Balaban J connectivity index is 2.82. The Morgan fingerprint density at radius 3 is 2.05 bits per heavy atom. The molecule has 0 saturated heterocycles. The predicted molar refractivity (Wildman–Crippen MR) is 88.2 cm³/mol. The van der Waals surface area contributed by atoms with Crippen molar-refractivity contribution in [1.82, 2.24) is 0 Å². The van der Waals surface area contributed by atoms with Crippen molar-refractivity contribution in [2.24, 2.45) is 5.73 Å². The average molecular weight is 309 g/mol. The van der Waals surface area contributed by atoms with Gasteiger partial charge in [0.25, 0.3) is 0 Å². The van der Waals surface area contributed by atoms with E-state index in [0.717, 1.165) is 11.3 Å². The van der Waals surface area contributed by atoms with Crippen LogP contribution in [-0.2, 0) is 11.2 Å². The molecule has 0 spiro atoms. The van der Waals surface area contributed by atoms with Crippen molar-refractivity contribution in [3.05, 3.63) is 29.8 Å². The van der Waals surface area contributed by atoms with Crippen molar-refractivity contribution in [3.8, 4) is 5.75 Å². The molecule has 5 heteroatoms. The van der Waals surface area contributed by atoms with Gasteiger partial charge < -0.3 is 15.3 Å². The minimum Gasteiger partial charge on any atom is -0.544 e. The molecule has 1 unspecified atom stereocenters. The van der Waals surface area contributed by atoms with Crippen LogP contribution in [-0.4, -0.2) is 24.9 Å². The number of hydrogen-bond acceptors (Lipinski definition) is 3. The first-order valence-electron chi connectivity index (χ1n) is 7.15. The van der Waals surface area contributed by atoms with Gasteiger partial charge in [-0.05, 0) is 42.8 Å². The zero-order chi connectivity index (χ0) is 16.5. The fraction of sp³-hybridized carbons (Fsp3) is 0.562. The van der Waals surface area contributed by atoms with Crippen LogP contribution < -0.4 is 10.2 Å². The van der Waals surface area contributed by atoms with Crippen LogP contribution in [0.5, 0.6) is 5.75 Å². The minimum atomic E-state index is -1.85. The summed E-state index contributed by atoms with van der Waals surface area (Å²) in [7, 11) is -1.85. The molecule has 0 fully saturated rings. The molecular formula is C16H27NO3Si. The molecule has 0 bridgehead atoms. The highest BCUT2D eigenvalue weighted by atomic mass is 28.4. The fourth-order valence-corrected chi connectivity index (χ4v) is 2.65. The highest BCUT2D eigenvalue weighted by Crippen LogP contribution is 2.37. The first-order chi connectivity index (χ1) is 9.35. The maximum Gasteiger partial charge on any atom is 0.323 e. The van der Waals surface area contributed by atoms with Crippen molar-refractivity contribution < 1.29 is 14.3 Å². The number of carboxylic acid groups (broad SMARTS) is 1. The van der Waals surface area contributed by atoms with Crippen LogP contribution in [0, 0.1) is 0 Å². The standard InChI is InChI=1S/C16H27NO3Si/c1-15(2,3)21(5,6)20-13-9-7-12(8-10-13)11-16(4,17)14(18)19/h7-10H,11,17H2,1-6H3,(H,18,19). The molecular weight excluding hydrogens is 282 g/mol. The van der Waals surface area contributed by atoms with E-state index in [2.05, 4.69) is 33.9 Å². The van der Waals surface area contributed by atoms with Gasteiger partial charge in [-0.2, -0.15) is 0 Å². The Morgan fingerprint density at radius 1 is 1.19 bits per heavy atom. The molecule has 0 heterocycles. The van der Waals surface area contributed by atoms with E-state index in [-0.39, 0.29) is 5.04 Å². The van der Waals surface area contributed by atoms with Crippen LogP contribution in [0.3, 0.4) is 0 Å². The summed E-state index contributed by atoms with van der Waals surface area (Å²) in [4.78, 5) is 11.0. The zero-order valence-electron chi connectivity index (χ0n) is 13.9. The van der Waals surface area contributed by atoms with E-state index in [1.165, 1.54) is 6.92 Å². The quantitative estimate of drug-likeness (QED) is 0.818. The van der Waals surface area contributed by atoms with Gasteiger partial charge in [0.05, 0.1) is 0 Å². The minimum absolute atomic E-state index is 0.144. The van der Waals surface area contributed by atoms with E-state index in [1.54, 1.807) is 0 Å². The molecule has 0 aliphatic rings. The lowest BCUT2D eigenvalue weighted by atomic mass is 9.94. The predicted octanol–water partition coefficient (Wildman–Crippen LogP) is 3.42. The Kier molecular flexibility index (Phi) is 4.90. The second-order valence-electron chi connectivity index (χ2n) is 7.41. The molecule has 0 amide bonds. The summed E-state index contributed by atoms with van der Waals surface area (Å²) in [5, 5.41) is 9.20. The van der Waals surface area contributed by atoms with Crippen LogP contribution in [0.1, 0.15) is 33.3 Å². The van der Waals surface area contributed by atoms with Gasteiger partial charge in [0.1, 0.15) is 11.3 Å². The van der Waals surface area contributed by atoms with Gasteiger partial charge in [-0.1, -0.05) is 32.9 Å². The SMILES string of the molecule is CC(N)(Cc1ccc(O[Si](C)(C)C(C)(C)C)cc1)C(=O)O. The first kappa shape index (κ1) is 17.7. The summed E-state index contributed by atoms with van der Waals surface area (Å²) in [5.74, 6) is -0.163. The number of hydrogen-bond donors (Lipinski definition) is 2. The summed E-state index contributed by atoms with van der Waals surface area (Å²) < 4.78 is 6.19. The van der Waals surface area contributed by atoms with E-state index in [9.17, 15) is 4.79 Å². The van der Waals surface area contributed by atoms with Crippen molar-refractivity contribution in [2.75, 3.05) is 0 Å². The van der Waals surface area contributed by atoms with E-state index in [4.69, 9.17) is 15.3 Å². The Bertz CT molecular complexity index is 501. The molecule has 0 radical (unpaired) electrons. The number of benzene rings is 1. The molecule has 0 aliphatic carbocycles. The van der Waals surface area contributed by atoms with Gasteiger partial charge in [0, 0.05) is 6.42 Å². The molecule has 1 rings (SSSR count). The molecule has 1 aromatic rings. The van der Waals surface area contributed by atoms with Gasteiger partial charge in [0.15, 0.2) is 0 Å². The summed E-state index contributed by atoms with van der Waals surface area (Å²) in [5.41, 5.74) is 5.41. The number of carboxylic acids is 1. The van der Waals surface area contributed by atoms with E-state index in [0.29, 0.717) is 6.42 Å². The molecule has 4 nitrogen and oxygen atoms in total. The third kappa shape index (κ3) is 4.57. The largest absolute Gasteiger partial charge is 0.544 e. The lowest BCUT2D eigenvalue weighted by Crippen LogP contribution is -2.46. The number of nitrogens with two attached hydrogens (primary N) is 1. The van der Waals surface area contributed by atoms with Gasteiger partial charge in [-0.25, -0.2) is 0 Å². The summed E-state index contributed by atoms with van der Waals surface area (Å²) in [6, 6.07) is 7.56. The number of carbonyl (C=O) groups is 1. The molecule has 0 aliphatic heterocycles. The maximum absolute atomic E-state index is 11.0. The van der Waals surface area contributed by atoms with Crippen LogP contribution in [0.15, 0.2) is 24.3 Å². The smallest absolute Gasteiger partial charge is 0.323 e. The summed E-state index contributed by atoms with van der Waals surface area (Å²) in [6.45, 7) is 12.5. The normalized spacial score (nSPS) is 15.4. The molecule has 0 aromatic heterocycles. The highest BCUT2D eigenvalue weighted by molar-refractivity contribution is 6.74. The van der Waals surface area contributed by atoms with Crippen LogP contribution in [0.25, 0.3) is 0 Å². The monoisotopic (exact) mass is 309 g/mol. The average Bonchev–Trinajstić information content (AvgIpc) is 2.29. The second-order valence-corrected chi connectivity index (χ2v) is 12.1. The topological polar surface area (TPSA) is 72.5 Å². The van der Waals surface area contributed by atoms with Crippen LogP contribution in [0.2, 0.25) is 18.1 Å². The van der Waals surface area contributed by atoms with Crippen molar-refractivity contribution in [3.63, 3.8) is 0 Å². The lowest BCUT2D eigenvalue weighted by Gasteiger charge is -2.36. The molecule has 1 aromatic carbocycles. The third-order valence-corrected chi connectivity index (χ3v) is 8.52. The molecule has 0 saturated carbocycles. The van der Waals surface area contributed by atoms with Crippen molar-refractivity contribution in [1.29, 1.82) is 0 Å².